The van der Waals surface area contributed by atoms with Gasteiger partial charge in [0, 0.05) is 13.0 Å². The predicted octanol–water partition coefficient (Wildman–Crippen LogP) is 1.75. The lowest BCUT2D eigenvalue weighted by Gasteiger charge is -2.19. The summed E-state index contributed by atoms with van der Waals surface area (Å²) in [6, 6.07) is 0. The molecular weight excluding hydrogens is 262 g/mol. The number of carbonyl (C=O) groups is 1. The number of nitrogens with two attached hydrogens (primary N) is 1. The van der Waals surface area contributed by atoms with Crippen LogP contribution in [-0.4, -0.2) is 27.5 Å². The third-order valence-corrected chi connectivity index (χ3v) is 4.38. The van der Waals surface area contributed by atoms with Gasteiger partial charge in [0.1, 0.15) is 5.01 Å². The summed E-state index contributed by atoms with van der Waals surface area (Å²) in [6.45, 7) is 3.58. The fourth-order valence-electron chi connectivity index (χ4n) is 2.50. The number of nitrogen functional groups attached to an aromatic ring is 1. The molecule has 0 spiro atoms. The van der Waals surface area contributed by atoms with Crippen molar-refractivity contribution in [1.29, 1.82) is 0 Å². The molecule has 1 fully saturated rings. The summed E-state index contributed by atoms with van der Waals surface area (Å²) in [5.41, 5.74) is 2.47. The SMILES string of the molecule is CCCC1CCC(=O)N(Cc2nnc(NN)s2)CC1. The van der Waals surface area contributed by atoms with Crippen LogP contribution in [0.1, 0.15) is 44.0 Å². The highest BCUT2D eigenvalue weighted by atomic mass is 32.1. The zero-order valence-corrected chi connectivity index (χ0v) is 12.1. The summed E-state index contributed by atoms with van der Waals surface area (Å²) >= 11 is 1.39. The molecular formula is C12H21N5OS. The van der Waals surface area contributed by atoms with E-state index in [0.29, 0.717) is 24.0 Å². The van der Waals surface area contributed by atoms with Crippen molar-refractivity contribution in [2.45, 2.75) is 45.6 Å². The Morgan fingerprint density at radius 3 is 3.00 bits per heavy atom. The van der Waals surface area contributed by atoms with E-state index in [4.69, 9.17) is 5.84 Å². The Morgan fingerprint density at radius 2 is 2.32 bits per heavy atom. The van der Waals surface area contributed by atoms with Crippen LogP contribution in [0.15, 0.2) is 0 Å². The summed E-state index contributed by atoms with van der Waals surface area (Å²) in [5.74, 6) is 6.20. The molecule has 1 amide bonds. The summed E-state index contributed by atoms with van der Waals surface area (Å²) in [7, 11) is 0. The van der Waals surface area contributed by atoms with E-state index in [2.05, 4.69) is 22.5 Å². The normalized spacial score (nSPS) is 20.4. The predicted molar refractivity (Wildman–Crippen MR) is 75.4 cm³/mol. The van der Waals surface area contributed by atoms with E-state index in [-0.39, 0.29) is 5.91 Å². The molecule has 1 aliphatic heterocycles. The molecule has 0 bridgehead atoms. The van der Waals surface area contributed by atoms with Crippen LogP contribution in [0.25, 0.3) is 0 Å². The Hall–Kier alpha value is -1.21. The molecule has 1 aliphatic rings. The first-order valence-electron chi connectivity index (χ1n) is 6.79. The molecule has 1 saturated heterocycles. The lowest BCUT2D eigenvalue weighted by atomic mass is 9.96. The topological polar surface area (TPSA) is 84.1 Å². The van der Waals surface area contributed by atoms with Crippen molar-refractivity contribution >= 4 is 22.4 Å². The Balaban J connectivity index is 1.93. The van der Waals surface area contributed by atoms with Gasteiger partial charge in [-0.1, -0.05) is 31.1 Å². The van der Waals surface area contributed by atoms with Crippen LogP contribution >= 0.6 is 11.3 Å². The van der Waals surface area contributed by atoms with E-state index in [1.165, 1.54) is 24.2 Å². The fraction of sp³-hybridized carbons (Fsp3) is 0.750. The molecule has 0 aliphatic carbocycles. The van der Waals surface area contributed by atoms with Crippen LogP contribution in [0.3, 0.4) is 0 Å². The van der Waals surface area contributed by atoms with Gasteiger partial charge < -0.3 is 4.90 Å². The number of rotatable bonds is 5. The Bertz CT molecular complexity index is 422. The second-order valence-electron chi connectivity index (χ2n) is 4.94. The van der Waals surface area contributed by atoms with Crippen molar-refractivity contribution in [3.63, 3.8) is 0 Å². The maximum atomic E-state index is 12.1. The van der Waals surface area contributed by atoms with Gasteiger partial charge in [-0.3, -0.25) is 10.2 Å². The van der Waals surface area contributed by atoms with Crippen LogP contribution in [0.4, 0.5) is 5.13 Å². The molecule has 3 N–H and O–H groups in total. The van der Waals surface area contributed by atoms with E-state index in [0.717, 1.165) is 24.4 Å². The van der Waals surface area contributed by atoms with Gasteiger partial charge in [0.25, 0.3) is 0 Å². The van der Waals surface area contributed by atoms with Crippen LogP contribution < -0.4 is 11.3 Å². The minimum absolute atomic E-state index is 0.232. The van der Waals surface area contributed by atoms with Crippen LogP contribution in [0, 0.1) is 5.92 Å². The molecule has 1 aromatic rings. The number of hydrazine groups is 1. The average molecular weight is 283 g/mol. The molecule has 0 aromatic carbocycles. The summed E-state index contributed by atoms with van der Waals surface area (Å²) < 4.78 is 0. The van der Waals surface area contributed by atoms with Gasteiger partial charge in [0.2, 0.25) is 11.0 Å². The molecule has 1 aromatic heterocycles. The second kappa shape index (κ2) is 6.81. The van der Waals surface area contributed by atoms with Crippen molar-refractivity contribution in [1.82, 2.24) is 15.1 Å². The van der Waals surface area contributed by atoms with Gasteiger partial charge in [-0.2, -0.15) is 0 Å². The number of anilines is 1. The number of nitrogens with zero attached hydrogens (tertiary/aromatic N) is 3. The Labute approximate surface area is 117 Å². The highest BCUT2D eigenvalue weighted by Gasteiger charge is 2.23. The summed E-state index contributed by atoms with van der Waals surface area (Å²) in [6.07, 6.45) is 5.20. The van der Waals surface area contributed by atoms with Crippen molar-refractivity contribution in [2.75, 3.05) is 12.0 Å². The second-order valence-corrected chi connectivity index (χ2v) is 6.00. The maximum absolute atomic E-state index is 12.1. The minimum Gasteiger partial charge on any atom is -0.336 e. The molecule has 1 atom stereocenters. The number of aromatic nitrogens is 2. The fourth-order valence-corrected chi connectivity index (χ4v) is 3.16. The van der Waals surface area contributed by atoms with E-state index < -0.39 is 0 Å². The first-order chi connectivity index (χ1) is 9.22. The number of hydrogen-bond donors (Lipinski definition) is 2. The van der Waals surface area contributed by atoms with Gasteiger partial charge in [-0.25, -0.2) is 5.84 Å². The maximum Gasteiger partial charge on any atom is 0.222 e. The molecule has 106 valence electrons. The molecule has 1 unspecified atom stereocenters. The van der Waals surface area contributed by atoms with Gasteiger partial charge in [-0.15, -0.1) is 10.2 Å². The van der Waals surface area contributed by atoms with Gasteiger partial charge in [-0.05, 0) is 18.8 Å². The van der Waals surface area contributed by atoms with Crippen molar-refractivity contribution in [2.24, 2.45) is 11.8 Å². The van der Waals surface area contributed by atoms with Crippen LogP contribution in [0.2, 0.25) is 0 Å². The van der Waals surface area contributed by atoms with Gasteiger partial charge in [0.05, 0.1) is 6.54 Å². The zero-order chi connectivity index (χ0) is 13.7. The number of likely N-dealkylation sites (tertiary alicyclic amines) is 1. The lowest BCUT2D eigenvalue weighted by Crippen LogP contribution is -2.29. The Kier molecular flexibility index (Phi) is 5.09. The number of carbonyl (C=O) groups excluding carboxylic acids is 1. The molecule has 0 saturated carbocycles. The van der Waals surface area contributed by atoms with Crippen LogP contribution in [-0.2, 0) is 11.3 Å². The molecule has 7 heteroatoms. The minimum atomic E-state index is 0.232. The third-order valence-electron chi connectivity index (χ3n) is 3.54. The molecule has 2 rings (SSSR count). The van der Waals surface area contributed by atoms with Crippen molar-refractivity contribution in [3.8, 4) is 0 Å². The highest BCUT2D eigenvalue weighted by Crippen LogP contribution is 2.24. The number of amides is 1. The number of nitrogens with one attached hydrogen (secondary N) is 1. The highest BCUT2D eigenvalue weighted by molar-refractivity contribution is 7.15. The summed E-state index contributed by atoms with van der Waals surface area (Å²) in [4.78, 5) is 14.0. The molecule has 2 heterocycles. The zero-order valence-electron chi connectivity index (χ0n) is 11.3. The molecule has 0 radical (unpaired) electrons. The van der Waals surface area contributed by atoms with Gasteiger partial charge >= 0.3 is 0 Å². The number of hydrogen-bond acceptors (Lipinski definition) is 6. The average Bonchev–Trinajstić information content (AvgIpc) is 2.80. The third kappa shape index (κ3) is 3.87. The lowest BCUT2D eigenvalue weighted by molar-refractivity contribution is -0.131. The van der Waals surface area contributed by atoms with E-state index in [9.17, 15) is 4.79 Å². The van der Waals surface area contributed by atoms with E-state index >= 15 is 0 Å². The quantitative estimate of drug-likeness (QED) is 0.635. The van der Waals surface area contributed by atoms with E-state index in [1.54, 1.807) is 0 Å². The monoisotopic (exact) mass is 283 g/mol. The molecule has 19 heavy (non-hydrogen) atoms. The first-order valence-corrected chi connectivity index (χ1v) is 7.61. The molecule has 6 nitrogen and oxygen atoms in total. The van der Waals surface area contributed by atoms with Crippen molar-refractivity contribution in [3.05, 3.63) is 5.01 Å². The van der Waals surface area contributed by atoms with Gasteiger partial charge in [0.15, 0.2) is 0 Å². The standard InChI is InChI=1S/C12H21N5OS/c1-2-3-9-4-5-11(18)17(7-6-9)8-10-15-16-12(14-13)19-10/h9H,2-8,13H2,1H3,(H,14,16). The Morgan fingerprint density at radius 1 is 1.47 bits per heavy atom. The largest absolute Gasteiger partial charge is 0.336 e. The smallest absolute Gasteiger partial charge is 0.222 e. The van der Waals surface area contributed by atoms with Crippen molar-refractivity contribution < 1.29 is 4.79 Å². The first kappa shape index (κ1) is 14.2. The van der Waals surface area contributed by atoms with Crippen LogP contribution in [0.5, 0.6) is 0 Å². The summed E-state index contributed by atoms with van der Waals surface area (Å²) in [5, 5.41) is 9.33. The van der Waals surface area contributed by atoms with E-state index in [1.807, 2.05) is 4.90 Å².